The van der Waals surface area contributed by atoms with Crippen molar-refractivity contribution in [3.63, 3.8) is 0 Å². The van der Waals surface area contributed by atoms with E-state index in [0.717, 1.165) is 31.6 Å². The zero-order valence-corrected chi connectivity index (χ0v) is 11.1. The van der Waals surface area contributed by atoms with Gasteiger partial charge in [0.05, 0.1) is 6.61 Å². The summed E-state index contributed by atoms with van der Waals surface area (Å²) >= 11 is 1.78. The predicted molar refractivity (Wildman–Crippen MR) is 75.2 cm³/mol. The van der Waals surface area contributed by atoms with Crippen LogP contribution in [0.15, 0.2) is 35.7 Å². The maximum atomic E-state index is 6.02. The molecule has 1 aliphatic carbocycles. The van der Waals surface area contributed by atoms with Gasteiger partial charge < -0.3 is 10.5 Å². The van der Waals surface area contributed by atoms with Gasteiger partial charge in [-0.1, -0.05) is 12.1 Å². The van der Waals surface area contributed by atoms with Crippen molar-refractivity contribution >= 4 is 11.3 Å². The molecule has 18 heavy (non-hydrogen) atoms. The monoisotopic (exact) mass is 259 g/mol. The van der Waals surface area contributed by atoms with E-state index in [2.05, 4.69) is 29.6 Å². The minimum atomic E-state index is 0.222. The van der Waals surface area contributed by atoms with E-state index in [0.29, 0.717) is 0 Å². The molecule has 2 aromatic rings. The zero-order chi connectivity index (χ0) is 12.4. The number of thiophene rings is 1. The predicted octanol–water partition coefficient (Wildman–Crippen LogP) is 3.32. The Bertz CT molecular complexity index is 521. The van der Waals surface area contributed by atoms with Crippen molar-refractivity contribution in [1.82, 2.24) is 0 Å². The third kappa shape index (κ3) is 2.42. The number of rotatable bonds is 4. The van der Waals surface area contributed by atoms with Crippen LogP contribution in [0.2, 0.25) is 0 Å². The van der Waals surface area contributed by atoms with Gasteiger partial charge >= 0.3 is 0 Å². The molecule has 0 bridgehead atoms. The van der Waals surface area contributed by atoms with Crippen molar-refractivity contribution < 1.29 is 4.74 Å². The van der Waals surface area contributed by atoms with E-state index in [9.17, 15) is 0 Å². The first-order valence-electron chi connectivity index (χ1n) is 6.36. The van der Waals surface area contributed by atoms with Crippen molar-refractivity contribution in [3.05, 3.63) is 51.7 Å². The molecule has 1 heterocycles. The Morgan fingerprint density at radius 1 is 1.33 bits per heavy atom. The molecular formula is C15H17NOS. The average Bonchev–Trinajstić information content (AvgIpc) is 3.00. The van der Waals surface area contributed by atoms with Crippen LogP contribution >= 0.6 is 11.3 Å². The van der Waals surface area contributed by atoms with Crippen LogP contribution in [0.4, 0.5) is 0 Å². The molecule has 1 aromatic carbocycles. The first-order valence-corrected chi connectivity index (χ1v) is 7.24. The molecule has 1 aliphatic rings. The highest BCUT2D eigenvalue weighted by molar-refractivity contribution is 7.09. The summed E-state index contributed by atoms with van der Waals surface area (Å²) < 4.78 is 5.81. The van der Waals surface area contributed by atoms with Gasteiger partial charge in [-0.15, -0.1) is 11.3 Å². The number of ether oxygens (including phenoxy) is 1. The molecule has 0 saturated heterocycles. The highest BCUT2D eigenvalue weighted by atomic mass is 32.1. The van der Waals surface area contributed by atoms with Crippen LogP contribution in [0.5, 0.6) is 5.75 Å². The Morgan fingerprint density at radius 3 is 3.11 bits per heavy atom. The Hall–Kier alpha value is -1.32. The topological polar surface area (TPSA) is 35.2 Å². The molecule has 0 unspecified atom stereocenters. The second-order valence-electron chi connectivity index (χ2n) is 4.68. The van der Waals surface area contributed by atoms with Gasteiger partial charge in [0, 0.05) is 17.3 Å². The van der Waals surface area contributed by atoms with Gasteiger partial charge in [0.15, 0.2) is 0 Å². The number of fused-ring (bicyclic) bond motifs is 1. The van der Waals surface area contributed by atoms with Crippen molar-refractivity contribution in [2.45, 2.75) is 25.3 Å². The molecule has 0 aliphatic heterocycles. The summed E-state index contributed by atoms with van der Waals surface area (Å²) in [6.45, 7) is 0.741. The van der Waals surface area contributed by atoms with Crippen molar-refractivity contribution in [2.75, 3.05) is 6.61 Å². The Balaban J connectivity index is 1.60. The van der Waals surface area contributed by atoms with Crippen LogP contribution in [0, 0.1) is 0 Å². The first-order chi connectivity index (χ1) is 8.83. The second-order valence-corrected chi connectivity index (χ2v) is 5.72. The molecule has 0 fully saturated rings. The Labute approximate surface area is 111 Å². The number of nitrogens with two attached hydrogens (primary N) is 1. The fourth-order valence-electron chi connectivity index (χ4n) is 2.44. The highest BCUT2D eigenvalue weighted by Gasteiger charge is 2.18. The number of hydrogen-bond donors (Lipinski definition) is 1. The maximum absolute atomic E-state index is 6.02. The van der Waals surface area contributed by atoms with E-state index < -0.39 is 0 Å². The molecule has 0 spiro atoms. The summed E-state index contributed by atoms with van der Waals surface area (Å²) in [7, 11) is 0. The molecule has 2 N–H and O–H groups in total. The SMILES string of the molecule is N[C@H]1CCc2cc(OCCc3cccs3)ccc21. The third-order valence-corrected chi connectivity index (χ3v) is 4.37. The Morgan fingerprint density at radius 2 is 2.28 bits per heavy atom. The minimum absolute atomic E-state index is 0.222. The lowest BCUT2D eigenvalue weighted by Crippen LogP contribution is -2.05. The Kier molecular flexibility index (Phi) is 3.35. The molecule has 2 nitrogen and oxygen atoms in total. The molecular weight excluding hydrogens is 242 g/mol. The summed E-state index contributed by atoms with van der Waals surface area (Å²) in [6, 6.07) is 10.8. The summed E-state index contributed by atoms with van der Waals surface area (Å²) in [5.41, 5.74) is 8.67. The number of benzene rings is 1. The van der Waals surface area contributed by atoms with Crippen LogP contribution in [0.3, 0.4) is 0 Å². The maximum Gasteiger partial charge on any atom is 0.119 e. The minimum Gasteiger partial charge on any atom is -0.493 e. The fourth-order valence-corrected chi connectivity index (χ4v) is 3.13. The van der Waals surface area contributed by atoms with Gasteiger partial charge in [-0.25, -0.2) is 0 Å². The molecule has 0 radical (unpaired) electrons. The lowest BCUT2D eigenvalue weighted by Gasteiger charge is -2.09. The van der Waals surface area contributed by atoms with Gasteiger partial charge in [-0.05, 0) is 47.5 Å². The average molecular weight is 259 g/mol. The number of aryl methyl sites for hydroxylation is 1. The quantitative estimate of drug-likeness (QED) is 0.914. The molecule has 1 aromatic heterocycles. The zero-order valence-electron chi connectivity index (χ0n) is 10.3. The highest BCUT2D eigenvalue weighted by Crippen LogP contribution is 2.31. The molecule has 0 saturated carbocycles. The summed E-state index contributed by atoms with van der Waals surface area (Å²) in [6.07, 6.45) is 3.13. The summed E-state index contributed by atoms with van der Waals surface area (Å²) in [5, 5.41) is 2.10. The van der Waals surface area contributed by atoms with E-state index in [1.54, 1.807) is 11.3 Å². The van der Waals surface area contributed by atoms with Crippen LogP contribution in [0.1, 0.15) is 28.5 Å². The standard InChI is InChI=1S/C15H17NOS/c16-15-6-3-11-10-12(4-5-14(11)15)17-8-7-13-2-1-9-18-13/h1-2,4-5,9-10,15H,3,6-8,16H2/t15-/m0/s1. The van der Waals surface area contributed by atoms with E-state index in [4.69, 9.17) is 10.5 Å². The van der Waals surface area contributed by atoms with Crippen molar-refractivity contribution in [3.8, 4) is 5.75 Å². The van der Waals surface area contributed by atoms with Gasteiger partial charge in [0.1, 0.15) is 5.75 Å². The molecule has 3 rings (SSSR count). The lowest BCUT2D eigenvalue weighted by atomic mass is 10.1. The largest absolute Gasteiger partial charge is 0.493 e. The van der Waals surface area contributed by atoms with Crippen LogP contribution in [-0.4, -0.2) is 6.61 Å². The summed E-state index contributed by atoms with van der Waals surface area (Å²) in [4.78, 5) is 1.37. The van der Waals surface area contributed by atoms with E-state index in [1.165, 1.54) is 16.0 Å². The van der Waals surface area contributed by atoms with E-state index >= 15 is 0 Å². The van der Waals surface area contributed by atoms with Gasteiger partial charge in [-0.3, -0.25) is 0 Å². The van der Waals surface area contributed by atoms with Gasteiger partial charge in [-0.2, -0.15) is 0 Å². The van der Waals surface area contributed by atoms with Gasteiger partial charge in [0.2, 0.25) is 0 Å². The van der Waals surface area contributed by atoms with Crippen LogP contribution in [-0.2, 0) is 12.8 Å². The molecule has 1 atom stereocenters. The van der Waals surface area contributed by atoms with Crippen molar-refractivity contribution in [1.29, 1.82) is 0 Å². The number of hydrogen-bond acceptors (Lipinski definition) is 3. The van der Waals surface area contributed by atoms with Crippen LogP contribution in [0.25, 0.3) is 0 Å². The third-order valence-electron chi connectivity index (χ3n) is 3.44. The van der Waals surface area contributed by atoms with E-state index in [1.807, 2.05) is 6.07 Å². The summed E-state index contributed by atoms with van der Waals surface area (Å²) in [5.74, 6) is 0.972. The van der Waals surface area contributed by atoms with Crippen LogP contribution < -0.4 is 10.5 Å². The van der Waals surface area contributed by atoms with Gasteiger partial charge in [0.25, 0.3) is 0 Å². The fraction of sp³-hybridized carbons (Fsp3) is 0.333. The normalized spacial score (nSPS) is 17.7. The lowest BCUT2D eigenvalue weighted by molar-refractivity contribution is 0.322. The second kappa shape index (κ2) is 5.12. The smallest absolute Gasteiger partial charge is 0.119 e. The first kappa shape index (κ1) is 11.8. The molecule has 94 valence electrons. The molecule has 3 heteroatoms. The molecule has 0 amide bonds. The van der Waals surface area contributed by atoms with Crippen molar-refractivity contribution in [2.24, 2.45) is 5.73 Å². The van der Waals surface area contributed by atoms with E-state index in [-0.39, 0.29) is 6.04 Å².